The molecule has 1 amide bonds. The summed E-state index contributed by atoms with van der Waals surface area (Å²) in [4.78, 5) is 10.9. The highest BCUT2D eigenvalue weighted by molar-refractivity contribution is 8.00. The molecule has 0 saturated heterocycles. The van der Waals surface area contributed by atoms with E-state index in [1.807, 2.05) is 0 Å². The highest BCUT2D eigenvalue weighted by Crippen LogP contribution is 2.29. The van der Waals surface area contributed by atoms with Gasteiger partial charge >= 0.3 is 6.18 Å². The number of benzene rings is 1. The smallest absolute Gasteiger partial charge is 0.366 e. The summed E-state index contributed by atoms with van der Waals surface area (Å²) in [7, 11) is 0. The molecule has 2 rings (SSSR count). The standard InChI is InChI=1S/C12H11F3N4OS2/c13-12(14,15)6-17-10-18-19-11(22-10)21-5-7-1-3-8(4-2-7)9(16)20/h1-4H,5-6H2,(H2,16,20)(H,17,18). The lowest BCUT2D eigenvalue weighted by Crippen LogP contribution is -2.21. The first kappa shape index (κ1) is 16.6. The molecule has 0 unspecified atom stereocenters. The molecule has 3 N–H and O–H groups in total. The van der Waals surface area contributed by atoms with Crippen molar-refractivity contribution in [1.82, 2.24) is 10.2 Å². The summed E-state index contributed by atoms with van der Waals surface area (Å²) in [6, 6.07) is 6.76. The first-order valence-electron chi connectivity index (χ1n) is 5.99. The Morgan fingerprint density at radius 2 is 1.95 bits per heavy atom. The van der Waals surface area contributed by atoms with Crippen LogP contribution in [-0.4, -0.2) is 28.8 Å². The molecule has 0 saturated carbocycles. The molecule has 1 aromatic carbocycles. The zero-order chi connectivity index (χ0) is 16.2. The number of hydrogen-bond acceptors (Lipinski definition) is 6. The number of halogens is 3. The molecule has 2 aromatic rings. The number of rotatable bonds is 6. The number of primary amides is 1. The number of nitrogens with zero attached hydrogens (tertiary/aromatic N) is 2. The predicted octanol–water partition coefficient (Wildman–Crippen LogP) is 2.90. The van der Waals surface area contributed by atoms with Crippen molar-refractivity contribution < 1.29 is 18.0 Å². The number of carbonyl (C=O) groups is 1. The first-order valence-corrected chi connectivity index (χ1v) is 7.79. The number of anilines is 1. The van der Waals surface area contributed by atoms with Gasteiger partial charge < -0.3 is 11.1 Å². The van der Waals surface area contributed by atoms with E-state index in [0.29, 0.717) is 15.7 Å². The largest absolute Gasteiger partial charge is 0.405 e. The minimum absolute atomic E-state index is 0.129. The van der Waals surface area contributed by atoms with E-state index in [2.05, 4.69) is 15.5 Å². The third-order valence-corrected chi connectivity index (χ3v) is 4.53. The fraction of sp³-hybridized carbons (Fsp3) is 0.250. The lowest BCUT2D eigenvalue weighted by atomic mass is 10.1. The monoisotopic (exact) mass is 348 g/mol. The maximum Gasteiger partial charge on any atom is 0.405 e. The average molecular weight is 348 g/mol. The Kier molecular flexibility index (Phi) is 5.24. The molecule has 0 aliphatic rings. The van der Waals surface area contributed by atoms with E-state index in [9.17, 15) is 18.0 Å². The van der Waals surface area contributed by atoms with Crippen LogP contribution >= 0.6 is 23.1 Å². The molecule has 118 valence electrons. The van der Waals surface area contributed by atoms with Gasteiger partial charge in [0.05, 0.1) is 0 Å². The van der Waals surface area contributed by atoms with Crippen molar-refractivity contribution in [2.75, 3.05) is 11.9 Å². The fourth-order valence-corrected chi connectivity index (χ4v) is 3.13. The topological polar surface area (TPSA) is 80.9 Å². The number of thioether (sulfide) groups is 1. The molecule has 10 heteroatoms. The summed E-state index contributed by atoms with van der Waals surface area (Å²) >= 11 is 2.41. The second kappa shape index (κ2) is 6.97. The van der Waals surface area contributed by atoms with Gasteiger partial charge in [-0.3, -0.25) is 4.79 Å². The van der Waals surface area contributed by atoms with Crippen LogP contribution in [0.15, 0.2) is 28.6 Å². The van der Waals surface area contributed by atoms with Crippen molar-refractivity contribution in [1.29, 1.82) is 0 Å². The van der Waals surface area contributed by atoms with Crippen LogP contribution in [0.1, 0.15) is 15.9 Å². The Morgan fingerprint density at radius 1 is 1.27 bits per heavy atom. The molecule has 0 atom stereocenters. The zero-order valence-corrected chi connectivity index (χ0v) is 12.7. The molecule has 0 fully saturated rings. The molecule has 0 aliphatic heterocycles. The maximum absolute atomic E-state index is 12.1. The van der Waals surface area contributed by atoms with Crippen LogP contribution in [0.5, 0.6) is 0 Å². The molecule has 0 radical (unpaired) electrons. The minimum Gasteiger partial charge on any atom is -0.366 e. The van der Waals surface area contributed by atoms with Crippen molar-refractivity contribution in [3.8, 4) is 0 Å². The Morgan fingerprint density at radius 3 is 2.55 bits per heavy atom. The minimum atomic E-state index is -4.29. The van der Waals surface area contributed by atoms with Gasteiger partial charge in [0.2, 0.25) is 11.0 Å². The van der Waals surface area contributed by atoms with Crippen LogP contribution < -0.4 is 11.1 Å². The average Bonchev–Trinajstić information content (AvgIpc) is 2.91. The van der Waals surface area contributed by atoms with E-state index in [-0.39, 0.29) is 5.13 Å². The van der Waals surface area contributed by atoms with E-state index in [0.717, 1.165) is 16.9 Å². The van der Waals surface area contributed by atoms with Gasteiger partial charge in [0, 0.05) is 11.3 Å². The summed E-state index contributed by atoms with van der Waals surface area (Å²) in [5, 5.41) is 9.76. The number of hydrogen-bond donors (Lipinski definition) is 2. The van der Waals surface area contributed by atoms with Crippen LogP contribution in [0.4, 0.5) is 18.3 Å². The van der Waals surface area contributed by atoms with Crippen molar-refractivity contribution >= 4 is 34.1 Å². The molecule has 1 heterocycles. The summed E-state index contributed by atoms with van der Waals surface area (Å²) in [5.74, 6) is 0.0659. The van der Waals surface area contributed by atoms with Gasteiger partial charge in [0.1, 0.15) is 6.54 Å². The van der Waals surface area contributed by atoms with Crippen molar-refractivity contribution in [3.63, 3.8) is 0 Å². The molecular formula is C12H11F3N4OS2. The van der Waals surface area contributed by atoms with Crippen molar-refractivity contribution in [2.24, 2.45) is 5.73 Å². The highest BCUT2D eigenvalue weighted by Gasteiger charge is 2.27. The van der Waals surface area contributed by atoms with Gasteiger partial charge in [-0.1, -0.05) is 35.2 Å². The molecule has 0 aliphatic carbocycles. The van der Waals surface area contributed by atoms with Gasteiger partial charge in [-0.25, -0.2) is 0 Å². The second-order valence-corrected chi connectivity index (χ2v) is 6.39. The van der Waals surface area contributed by atoms with Crippen molar-refractivity contribution in [2.45, 2.75) is 16.3 Å². The molecule has 22 heavy (non-hydrogen) atoms. The van der Waals surface area contributed by atoms with Crippen LogP contribution in [0.3, 0.4) is 0 Å². The van der Waals surface area contributed by atoms with Crippen LogP contribution in [0, 0.1) is 0 Å². The maximum atomic E-state index is 12.1. The van der Waals surface area contributed by atoms with E-state index in [1.54, 1.807) is 24.3 Å². The zero-order valence-electron chi connectivity index (χ0n) is 11.1. The summed E-state index contributed by atoms with van der Waals surface area (Å²) in [6.07, 6.45) is -4.29. The third kappa shape index (κ3) is 5.19. The third-order valence-electron chi connectivity index (χ3n) is 2.45. The molecule has 0 bridgehead atoms. The molecule has 0 spiro atoms. The second-order valence-electron chi connectivity index (χ2n) is 4.19. The van der Waals surface area contributed by atoms with Gasteiger partial charge in [-0.15, -0.1) is 10.2 Å². The lowest BCUT2D eigenvalue weighted by Gasteiger charge is -2.05. The Bertz CT molecular complexity index is 643. The van der Waals surface area contributed by atoms with Gasteiger partial charge in [0.25, 0.3) is 0 Å². The number of alkyl halides is 3. The normalized spacial score (nSPS) is 11.4. The molecular weight excluding hydrogens is 337 g/mol. The van der Waals surface area contributed by atoms with E-state index in [1.165, 1.54) is 11.8 Å². The Balaban J connectivity index is 1.86. The van der Waals surface area contributed by atoms with Crippen molar-refractivity contribution in [3.05, 3.63) is 35.4 Å². The fourth-order valence-electron chi connectivity index (χ4n) is 1.43. The number of nitrogens with two attached hydrogens (primary N) is 1. The predicted molar refractivity (Wildman–Crippen MR) is 79.0 cm³/mol. The van der Waals surface area contributed by atoms with E-state index in [4.69, 9.17) is 5.73 Å². The number of carbonyl (C=O) groups excluding carboxylic acids is 1. The summed E-state index contributed by atoms with van der Waals surface area (Å²) in [6.45, 7) is -1.14. The summed E-state index contributed by atoms with van der Waals surface area (Å²) < 4.78 is 36.7. The number of nitrogens with one attached hydrogen (secondary N) is 1. The van der Waals surface area contributed by atoms with Crippen LogP contribution in [0.2, 0.25) is 0 Å². The van der Waals surface area contributed by atoms with Gasteiger partial charge in [-0.2, -0.15) is 13.2 Å². The van der Waals surface area contributed by atoms with Gasteiger partial charge in [-0.05, 0) is 17.7 Å². The molecule has 1 aromatic heterocycles. The number of amides is 1. The number of aromatic nitrogens is 2. The van der Waals surface area contributed by atoms with E-state index >= 15 is 0 Å². The lowest BCUT2D eigenvalue weighted by molar-refractivity contribution is -0.115. The first-order chi connectivity index (χ1) is 10.3. The quantitative estimate of drug-likeness (QED) is 0.785. The highest BCUT2D eigenvalue weighted by atomic mass is 32.2. The van der Waals surface area contributed by atoms with E-state index < -0.39 is 18.6 Å². The summed E-state index contributed by atoms with van der Waals surface area (Å²) in [5.41, 5.74) is 6.50. The van der Waals surface area contributed by atoms with Crippen LogP contribution in [-0.2, 0) is 5.75 Å². The Hall–Kier alpha value is -1.81. The Labute approximate surface area is 132 Å². The molecule has 5 nitrogen and oxygen atoms in total. The van der Waals surface area contributed by atoms with Gasteiger partial charge in [0.15, 0.2) is 4.34 Å². The SMILES string of the molecule is NC(=O)c1ccc(CSc2nnc(NCC(F)(F)F)s2)cc1. The van der Waals surface area contributed by atoms with Crippen LogP contribution in [0.25, 0.3) is 0 Å².